The topological polar surface area (TPSA) is 12.0 Å². The Morgan fingerprint density at radius 1 is 1.53 bits per heavy atom. The number of thioether (sulfide) groups is 1. The molecule has 0 bridgehead atoms. The molecule has 0 saturated heterocycles. The fourth-order valence-corrected chi connectivity index (χ4v) is 2.95. The van der Waals surface area contributed by atoms with Crippen LogP contribution in [-0.2, 0) is 6.42 Å². The van der Waals surface area contributed by atoms with Crippen LogP contribution in [0.3, 0.4) is 0 Å². The number of hydrogen-bond donors (Lipinski definition) is 1. The maximum atomic E-state index is 5.99. The largest absolute Gasteiger partial charge is 0.309 e. The van der Waals surface area contributed by atoms with Crippen molar-refractivity contribution in [3.8, 4) is 12.3 Å². The zero-order valence-electron chi connectivity index (χ0n) is 9.71. The van der Waals surface area contributed by atoms with Gasteiger partial charge in [0.15, 0.2) is 0 Å². The summed E-state index contributed by atoms with van der Waals surface area (Å²) in [5.74, 6) is 4.52. The van der Waals surface area contributed by atoms with Gasteiger partial charge in [0.2, 0.25) is 0 Å². The summed E-state index contributed by atoms with van der Waals surface area (Å²) in [7, 11) is 0. The molecule has 3 heteroatoms. The minimum atomic E-state index is 0.494. The van der Waals surface area contributed by atoms with Gasteiger partial charge in [-0.25, -0.2) is 0 Å². The SMILES string of the molecule is C#CCSCCNC1CCc2cc(Cl)ccc21. The van der Waals surface area contributed by atoms with Crippen molar-refractivity contribution >= 4 is 23.4 Å². The lowest BCUT2D eigenvalue weighted by Gasteiger charge is -2.13. The summed E-state index contributed by atoms with van der Waals surface area (Å²) in [6.07, 6.45) is 7.51. The highest BCUT2D eigenvalue weighted by Crippen LogP contribution is 2.32. The van der Waals surface area contributed by atoms with E-state index >= 15 is 0 Å². The zero-order valence-corrected chi connectivity index (χ0v) is 11.3. The third kappa shape index (κ3) is 3.42. The second kappa shape index (κ2) is 6.35. The summed E-state index contributed by atoms with van der Waals surface area (Å²) in [5, 5.41) is 4.43. The third-order valence-corrected chi connectivity index (χ3v) is 4.10. The predicted molar refractivity (Wildman–Crippen MR) is 76.7 cm³/mol. The number of rotatable bonds is 5. The number of benzene rings is 1. The fourth-order valence-electron chi connectivity index (χ4n) is 2.23. The molecule has 1 unspecified atom stereocenters. The van der Waals surface area contributed by atoms with E-state index in [1.807, 2.05) is 6.07 Å². The lowest BCUT2D eigenvalue weighted by molar-refractivity contribution is 0.552. The van der Waals surface area contributed by atoms with Crippen molar-refractivity contribution < 1.29 is 0 Å². The van der Waals surface area contributed by atoms with E-state index in [0.29, 0.717) is 6.04 Å². The normalized spacial score (nSPS) is 17.8. The molecule has 0 saturated carbocycles. The average Bonchev–Trinajstić information content (AvgIpc) is 2.71. The lowest BCUT2D eigenvalue weighted by Crippen LogP contribution is -2.21. The van der Waals surface area contributed by atoms with Gasteiger partial charge in [0, 0.05) is 23.4 Å². The average molecular weight is 266 g/mol. The van der Waals surface area contributed by atoms with Gasteiger partial charge in [0.1, 0.15) is 0 Å². The van der Waals surface area contributed by atoms with Gasteiger partial charge in [0.25, 0.3) is 0 Å². The molecule has 17 heavy (non-hydrogen) atoms. The number of halogens is 1. The molecule has 1 aromatic carbocycles. The van der Waals surface area contributed by atoms with E-state index in [4.69, 9.17) is 18.0 Å². The standard InChI is InChI=1S/C14H16ClNS/c1-2-8-17-9-7-16-14-6-3-11-10-12(15)4-5-13(11)14/h1,4-5,10,14,16H,3,6-9H2. The number of aryl methyl sites for hydroxylation is 1. The van der Waals surface area contributed by atoms with Gasteiger partial charge in [0.05, 0.1) is 5.75 Å². The molecular formula is C14H16ClNS. The van der Waals surface area contributed by atoms with Crippen molar-refractivity contribution in [3.05, 3.63) is 34.3 Å². The number of hydrogen-bond acceptors (Lipinski definition) is 2. The van der Waals surface area contributed by atoms with Gasteiger partial charge in [-0.3, -0.25) is 0 Å². The van der Waals surface area contributed by atoms with Crippen molar-refractivity contribution in [2.75, 3.05) is 18.1 Å². The van der Waals surface area contributed by atoms with Crippen molar-refractivity contribution in [1.29, 1.82) is 0 Å². The summed E-state index contributed by atoms with van der Waals surface area (Å²) >= 11 is 7.79. The molecular weight excluding hydrogens is 250 g/mol. The van der Waals surface area contributed by atoms with Gasteiger partial charge in [-0.05, 0) is 36.1 Å². The second-order valence-corrected chi connectivity index (χ2v) is 5.69. The van der Waals surface area contributed by atoms with Crippen molar-refractivity contribution in [2.45, 2.75) is 18.9 Å². The summed E-state index contributed by atoms with van der Waals surface area (Å²) < 4.78 is 0. The molecule has 1 nitrogen and oxygen atoms in total. The maximum Gasteiger partial charge on any atom is 0.0545 e. The maximum absolute atomic E-state index is 5.99. The molecule has 0 spiro atoms. The number of terminal acetylenes is 1. The summed E-state index contributed by atoms with van der Waals surface area (Å²) in [6.45, 7) is 1.01. The molecule has 0 heterocycles. The summed E-state index contributed by atoms with van der Waals surface area (Å²) in [5.41, 5.74) is 2.81. The Morgan fingerprint density at radius 2 is 2.41 bits per heavy atom. The van der Waals surface area contributed by atoms with Gasteiger partial charge in [-0.15, -0.1) is 18.2 Å². The first-order valence-corrected chi connectivity index (χ1v) is 7.37. The Hall–Kier alpha value is -0.620. The van der Waals surface area contributed by atoms with Crippen LogP contribution in [0, 0.1) is 12.3 Å². The first-order valence-electron chi connectivity index (χ1n) is 5.84. The van der Waals surface area contributed by atoms with Gasteiger partial charge >= 0.3 is 0 Å². The van der Waals surface area contributed by atoms with Gasteiger partial charge < -0.3 is 5.32 Å². The highest BCUT2D eigenvalue weighted by atomic mass is 35.5. The minimum Gasteiger partial charge on any atom is -0.309 e. The second-order valence-electron chi connectivity index (χ2n) is 4.15. The molecule has 1 atom stereocenters. The minimum absolute atomic E-state index is 0.494. The molecule has 1 N–H and O–H groups in total. The third-order valence-electron chi connectivity index (χ3n) is 3.01. The Kier molecular flexibility index (Phi) is 4.79. The van der Waals surface area contributed by atoms with Crippen LogP contribution in [0.1, 0.15) is 23.6 Å². The monoisotopic (exact) mass is 265 g/mol. The molecule has 0 fully saturated rings. The molecule has 1 aliphatic rings. The van der Waals surface area contributed by atoms with E-state index in [1.165, 1.54) is 17.5 Å². The molecule has 1 aliphatic carbocycles. The fraction of sp³-hybridized carbons (Fsp3) is 0.429. The van der Waals surface area contributed by atoms with E-state index < -0.39 is 0 Å². The molecule has 0 radical (unpaired) electrons. The van der Waals surface area contributed by atoms with E-state index in [2.05, 4.69) is 23.4 Å². The lowest BCUT2D eigenvalue weighted by atomic mass is 10.1. The van der Waals surface area contributed by atoms with Crippen LogP contribution < -0.4 is 5.32 Å². The Bertz CT molecular complexity index is 425. The molecule has 0 amide bonds. The van der Waals surface area contributed by atoms with E-state index in [9.17, 15) is 0 Å². The number of fused-ring (bicyclic) bond motifs is 1. The zero-order chi connectivity index (χ0) is 12.1. The first-order chi connectivity index (χ1) is 8.31. The Balaban J connectivity index is 1.83. The van der Waals surface area contributed by atoms with Crippen molar-refractivity contribution in [1.82, 2.24) is 5.32 Å². The molecule has 2 rings (SSSR count). The van der Waals surface area contributed by atoms with Gasteiger partial charge in [-0.2, -0.15) is 0 Å². The number of nitrogens with one attached hydrogen (secondary N) is 1. The molecule has 0 aliphatic heterocycles. The van der Waals surface area contributed by atoms with Crippen molar-refractivity contribution in [2.24, 2.45) is 0 Å². The van der Waals surface area contributed by atoms with Crippen molar-refractivity contribution in [3.63, 3.8) is 0 Å². The molecule has 1 aromatic rings. The van der Waals surface area contributed by atoms with Crippen LogP contribution >= 0.6 is 23.4 Å². The van der Waals surface area contributed by atoms with E-state index in [-0.39, 0.29) is 0 Å². The van der Waals surface area contributed by atoms with Crippen LogP contribution in [0.2, 0.25) is 5.02 Å². The van der Waals surface area contributed by atoms with Crippen LogP contribution in [-0.4, -0.2) is 18.1 Å². The smallest absolute Gasteiger partial charge is 0.0545 e. The summed E-state index contributed by atoms with van der Waals surface area (Å²) in [6, 6.07) is 6.71. The van der Waals surface area contributed by atoms with E-state index in [1.54, 1.807) is 11.8 Å². The van der Waals surface area contributed by atoms with E-state index in [0.717, 1.165) is 29.5 Å². The molecule has 0 aromatic heterocycles. The molecule has 90 valence electrons. The van der Waals surface area contributed by atoms with Crippen LogP contribution in [0.15, 0.2) is 18.2 Å². The Morgan fingerprint density at radius 3 is 3.24 bits per heavy atom. The highest BCUT2D eigenvalue weighted by molar-refractivity contribution is 7.99. The van der Waals surface area contributed by atoms with Crippen LogP contribution in [0.4, 0.5) is 0 Å². The predicted octanol–water partition coefficient (Wildman–Crippen LogP) is 3.28. The highest BCUT2D eigenvalue weighted by Gasteiger charge is 2.21. The van der Waals surface area contributed by atoms with Crippen LogP contribution in [0.5, 0.6) is 0 Å². The van der Waals surface area contributed by atoms with Gasteiger partial charge in [-0.1, -0.05) is 23.6 Å². The summed E-state index contributed by atoms with van der Waals surface area (Å²) in [4.78, 5) is 0. The first kappa shape index (κ1) is 12.8. The quantitative estimate of drug-likeness (QED) is 0.648. The Labute approximate surface area is 112 Å². The van der Waals surface area contributed by atoms with Crippen LogP contribution in [0.25, 0.3) is 0 Å².